The summed E-state index contributed by atoms with van der Waals surface area (Å²) in [6, 6.07) is 7.97. The molecule has 0 heterocycles. The van der Waals surface area contributed by atoms with Crippen LogP contribution in [0.4, 0.5) is 0 Å². The van der Waals surface area contributed by atoms with Crippen LogP contribution in [0.3, 0.4) is 0 Å². The molecule has 1 unspecified atom stereocenters. The van der Waals surface area contributed by atoms with Crippen LogP contribution in [0.25, 0.3) is 0 Å². The zero-order valence-electron chi connectivity index (χ0n) is 11.1. The molecule has 3 heteroatoms. The highest BCUT2D eigenvalue weighted by Crippen LogP contribution is 2.31. The van der Waals surface area contributed by atoms with Crippen molar-refractivity contribution in [3.8, 4) is 5.75 Å². The Morgan fingerprint density at radius 2 is 1.94 bits per heavy atom. The highest BCUT2D eigenvalue weighted by atomic mass is 16.5. The SMILES string of the molecule is COc1ccccc1C(CN)OC1CCCCC1. The van der Waals surface area contributed by atoms with Crippen molar-refractivity contribution in [1.29, 1.82) is 0 Å². The molecule has 0 aliphatic heterocycles. The summed E-state index contributed by atoms with van der Waals surface area (Å²) in [4.78, 5) is 0. The third-order valence-electron chi connectivity index (χ3n) is 3.61. The minimum atomic E-state index is -0.0516. The molecule has 0 aromatic heterocycles. The summed E-state index contributed by atoms with van der Waals surface area (Å²) in [6.07, 6.45) is 6.50. The lowest BCUT2D eigenvalue weighted by Crippen LogP contribution is -2.24. The van der Waals surface area contributed by atoms with Crippen LogP contribution < -0.4 is 10.5 Å². The molecule has 1 fully saturated rings. The summed E-state index contributed by atoms with van der Waals surface area (Å²) >= 11 is 0. The third kappa shape index (κ3) is 3.24. The first-order valence-electron chi connectivity index (χ1n) is 6.83. The number of methoxy groups -OCH3 is 1. The van der Waals surface area contributed by atoms with Crippen molar-refractivity contribution < 1.29 is 9.47 Å². The van der Waals surface area contributed by atoms with E-state index in [-0.39, 0.29) is 6.10 Å². The summed E-state index contributed by atoms with van der Waals surface area (Å²) in [5.74, 6) is 0.865. The van der Waals surface area contributed by atoms with E-state index in [9.17, 15) is 0 Å². The minimum Gasteiger partial charge on any atom is -0.496 e. The van der Waals surface area contributed by atoms with Crippen molar-refractivity contribution in [3.63, 3.8) is 0 Å². The van der Waals surface area contributed by atoms with E-state index >= 15 is 0 Å². The molecule has 0 bridgehead atoms. The molecule has 3 nitrogen and oxygen atoms in total. The Kier molecular flexibility index (Phi) is 5.02. The fourth-order valence-corrected chi connectivity index (χ4v) is 2.62. The van der Waals surface area contributed by atoms with Gasteiger partial charge in [0, 0.05) is 12.1 Å². The van der Waals surface area contributed by atoms with Gasteiger partial charge in [0.25, 0.3) is 0 Å². The van der Waals surface area contributed by atoms with Crippen LogP contribution in [0.1, 0.15) is 43.8 Å². The highest BCUT2D eigenvalue weighted by molar-refractivity contribution is 5.35. The molecule has 1 atom stereocenters. The molecule has 0 radical (unpaired) electrons. The number of benzene rings is 1. The second-order valence-corrected chi connectivity index (χ2v) is 4.86. The molecule has 0 spiro atoms. The molecule has 0 amide bonds. The Bertz CT molecular complexity index is 361. The van der Waals surface area contributed by atoms with E-state index in [1.165, 1.54) is 19.3 Å². The Hall–Kier alpha value is -1.06. The predicted octanol–water partition coefficient (Wildman–Crippen LogP) is 3.04. The molecule has 1 aromatic rings. The second-order valence-electron chi connectivity index (χ2n) is 4.86. The highest BCUT2D eigenvalue weighted by Gasteiger charge is 2.21. The van der Waals surface area contributed by atoms with Crippen LogP contribution in [0.2, 0.25) is 0 Å². The number of nitrogens with two attached hydrogens (primary N) is 1. The van der Waals surface area contributed by atoms with Crippen molar-refractivity contribution in [2.75, 3.05) is 13.7 Å². The van der Waals surface area contributed by atoms with E-state index in [4.69, 9.17) is 15.2 Å². The molecular weight excluding hydrogens is 226 g/mol. The van der Waals surface area contributed by atoms with Crippen LogP contribution in [0, 0.1) is 0 Å². The van der Waals surface area contributed by atoms with Crippen LogP contribution in [0.15, 0.2) is 24.3 Å². The van der Waals surface area contributed by atoms with Gasteiger partial charge in [-0.1, -0.05) is 37.5 Å². The van der Waals surface area contributed by atoms with Gasteiger partial charge in [0.05, 0.1) is 19.3 Å². The molecule has 2 N–H and O–H groups in total. The summed E-state index contributed by atoms with van der Waals surface area (Å²) in [5.41, 5.74) is 6.93. The lowest BCUT2D eigenvalue weighted by molar-refractivity contribution is -0.0277. The van der Waals surface area contributed by atoms with Gasteiger partial charge in [0.15, 0.2) is 0 Å². The molecule has 1 aliphatic carbocycles. The smallest absolute Gasteiger partial charge is 0.124 e. The predicted molar refractivity (Wildman–Crippen MR) is 72.7 cm³/mol. The summed E-state index contributed by atoms with van der Waals surface area (Å²) in [6.45, 7) is 0.497. The van der Waals surface area contributed by atoms with Crippen LogP contribution in [-0.4, -0.2) is 19.8 Å². The maximum Gasteiger partial charge on any atom is 0.124 e. The largest absolute Gasteiger partial charge is 0.496 e. The fourth-order valence-electron chi connectivity index (χ4n) is 2.62. The van der Waals surface area contributed by atoms with E-state index in [1.54, 1.807) is 7.11 Å². The van der Waals surface area contributed by atoms with Crippen LogP contribution >= 0.6 is 0 Å². The Morgan fingerprint density at radius 3 is 2.61 bits per heavy atom. The Labute approximate surface area is 109 Å². The number of ether oxygens (including phenoxy) is 2. The summed E-state index contributed by atoms with van der Waals surface area (Å²) in [7, 11) is 1.69. The topological polar surface area (TPSA) is 44.5 Å². The van der Waals surface area contributed by atoms with Gasteiger partial charge in [0.1, 0.15) is 5.75 Å². The van der Waals surface area contributed by atoms with E-state index < -0.39 is 0 Å². The average Bonchev–Trinajstić information content (AvgIpc) is 2.46. The first kappa shape index (κ1) is 13.4. The zero-order chi connectivity index (χ0) is 12.8. The first-order valence-corrected chi connectivity index (χ1v) is 6.83. The minimum absolute atomic E-state index is 0.0516. The van der Waals surface area contributed by atoms with Gasteiger partial charge < -0.3 is 15.2 Å². The van der Waals surface area contributed by atoms with Crippen molar-refractivity contribution in [3.05, 3.63) is 29.8 Å². The number of rotatable bonds is 5. The van der Waals surface area contributed by atoms with E-state index in [0.29, 0.717) is 12.6 Å². The van der Waals surface area contributed by atoms with Gasteiger partial charge >= 0.3 is 0 Å². The van der Waals surface area contributed by atoms with E-state index in [2.05, 4.69) is 0 Å². The summed E-state index contributed by atoms with van der Waals surface area (Å²) < 4.78 is 11.5. The normalized spacial score (nSPS) is 18.6. The standard InChI is InChI=1S/C15H23NO2/c1-17-14-10-6-5-9-13(14)15(11-16)18-12-7-3-2-4-8-12/h5-6,9-10,12,15H,2-4,7-8,11,16H2,1H3. The maximum absolute atomic E-state index is 6.16. The van der Waals surface area contributed by atoms with Crippen molar-refractivity contribution >= 4 is 0 Å². The number of para-hydroxylation sites is 1. The molecule has 2 rings (SSSR count). The summed E-state index contributed by atoms with van der Waals surface area (Å²) in [5, 5.41) is 0. The average molecular weight is 249 g/mol. The Balaban J connectivity index is 2.07. The molecule has 1 aliphatic rings. The van der Waals surface area contributed by atoms with Gasteiger partial charge in [-0.2, -0.15) is 0 Å². The number of hydrogen-bond acceptors (Lipinski definition) is 3. The third-order valence-corrected chi connectivity index (χ3v) is 3.61. The van der Waals surface area contributed by atoms with Crippen LogP contribution in [0.5, 0.6) is 5.75 Å². The van der Waals surface area contributed by atoms with E-state index in [1.807, 2.05) is 24.3 Å². The van der Waals surface area contributed by atoms with Gasteiger partial charge in [-0.3, -0.25) is 0 Å². The van der Waals surface area contributed by atoms with Gasteiger partial charge in [-0.05, 0) is 18.9 Å². The van der Waals surface area contributed by atoms with Gasteiger partial charge in [-0.15, -0.1) is 0 Å². The lowest BCUT2D eigenvalue weighted by Gasteiger charge is -2.28. The molecule has 18 heavy (non-hydrogen) atoms. The number of hydrogen-bond donors (Lipinski definition) is 1. The van der Waals surface area contributed by atoms with Gasteiger partial charge in [0.2, 0.25) is 0 Å². The zero-order valence-corrected chi connectivity index (χ0v) is 11.1. The Morgan fingerprint density at radius 1 is 1.22 bits per heavy atom. The van der Waals surface area contributed by atoms with Gasteiger partial charge in [-0.25, -0.2) is 0 Å². The molecule has 0 saturated heterocycles. The lowest BCUT2D eigenvalue weighted by atomic mass is 9.97. The van der Waals surface area contributed by atoms with Crippen LogP contribution in [-0.2, 0) is 4.74 Å². The van der Waals surface area contributed by atoms with Crippen molar-refractivity contribution in [2.45, 2.75) is 44.3 Å². The molecule has 1 aromatic carbocycles. The fraction of sp³-hybridized carbons (Fsp3) is 0.600. The first-order chi connectivity index (χ1) is 8.85. The van der Waals surface area contributed by atoms with E-state index in [0.717, 1.165) is 24.2 Å². The molecule has 1 saturated carbocycles. The molecule has 100 valence electrons. The molecular formula is C15H23NO2. The van der Waals surface area contributed by atoms with Crippen molar-refractivity contribution in [1.82, 2.24) is 0 Å². The maximum atomic E-state index is 6.16. The van der Waals surface area contributed by atoms with Crippen molar-refractivity contribution in [2.24, 2.45) is 5.73 Å². The monoisotopic (exact) mass is 249 g/mol. The quantitative estimate of drug-likeness (QED) is 0.872. The second kappa shape index (κ2) is 6.76.